The summed E-state index contributed by atoms with van der Waals surface area (Å²) < 4.78 is 5.36. The highest BCUT2D eigenvalue weighted by atomic mass is 32.1. The standard InChI is InChI=1S/C16H19N3O2S/c1-10(12-6-8-22-9-12)16(20)19-7-2-3-13(19)14-17-15(21-18-14)11-4-5-11/h6,8-11,13H,2-5,7H2,1H3/t10-,13-/m1/s1. The molecule has 0 bridgehead atoms. The molecule has 22 heavy (non-hydrogen) atoms. The quantitative estimate of drug-likeness (QED) is 0.866. The molecular formula is C16H19N3O2S. The van der Waals surface area contributed by atoms with E-state index in [2.05, 4.69) is 10.1 Å². The summed E-state index contributed by atoms with van der Waals surface area (Å²) in [5, 5.41) is 8.20. The van der Waals surface area contributed by atoms with Crippen LogP contribution in [0.3, 0.4) is 0 Å². The normalized spacial score (nSPS) is 23.0. The van der Waals surface area contributed by atoms with Gasteiger partial charge in [-0.25, -0.2) is 0 Å². The monoisotopic (exact) mass is 317 g/mol. The Labute approximate surface area is 133 Å². The number of carbonyl (C=O) groups is 1. The molecule has 2 aliphatic rings. The van der Waals surface area contributed by atoms with E-state index in [0.29, 0.717) is 11.7 Å². The first-order chi connectivity index (χ1) is 10.7. The minimum absolute atomic E-state index is 0.0233. The fourth-order valence-corrected chi connectivity index (χ4v) is 3.84. The van der Waals surface area contributed by atoms with Crippen molar-refractivity contribution in [1.82, 2.24) is 15.0 Å². The zero-order valence-electron chi connectivity index (χ0n) is 12.6. The molecule has 4 rings (SSSR count). The Morgan fingerprint density at radius 2 is 2.32 bits per heavy atom. The molecule has 1 saturated heterocycles. The molecule has 0 N–H and O–H groups in total. The lowest BCUT2D eigenvalue weighted by Crippen LogP contribution is -2.34. The van der Waals surface area contributed by atoms with E-state index >= 15 is 0 Å². The molecular weight excluding hydrogens is 298 g/mol. The van der Waals surface area contributed by atoms with Crippen LogP contribution < -0.4 is 0 Å². The number of rotatable bonds is 4. The molecule has 1 saturated carbocycles. The predicted molar refractivity (Wildman–Crippen MR) is 82.7 cm³/mol. The van der Waals surface area contributed by atoms with Crippen LogP contribution >= 0.6 is 11.3 Å². The van der Waals surface area contributed by atoms with E-state index in [1.54, 1.807) is 11.3 Å². The maximum Gasteiger partial charge on any atom is 0.230 e. The third-order valence-electron chi connectivity index (χ3n) is 4.63. The predicted octanol–water partition coefficient (Wildman–Crippen LogP) is 3.48. The van der Waals surface area contributed by atoms with Crippen LogP contribution in [0, 0.1) is 0 Å². The molecule has 0 radical (unpaired) electrons. The Morgan fingerprint density at radius 3 is 3.05 bits per heavy atom. The average Bonchev–Trinajstić information content (AvgIpc) is 3.02. The van der Waals surface area contributed by atoms with E-state index < -0.39 is 0 Å². The smallest absolute Gasteiger partial charge is 0.230 e. The minimum Gasteiger partial charge on any atom is -0.339 e. The van der Waals surface area contributed by atoms with Gasteiger partial charge in [0, 0.05) is 12.5 Å². The van der Waals surface area contributed by atoms with Crippen LogP contribution in [-0.4, -0.2) is 27.5 Å². The summed E-state index contributed by atoms with van der Waals surface area (Å²) in [4.78, 5) is 19.3. The van der Waals surface area contributed by atoms with Gasteiger partial charge in [0.25, 0.3) is 0 Å². The Balaban J connectivity index is 1.53. The summed E-state index contributed by atoms with van der Waals surface area (Å²) in [6, 6.07) is 2.00. The van der Waals surface area contributed by atoms with Crippen molar-refractivity contribution in [2.75, 3.05) is 6.54 Å². The number of nitrogens with zero attached hydrogens (tertiary/aromatic N) is 3. The number of hydrogen-bond donors (Lipinski definition) is 0. The highest BCUT2D eigenvalue weighted by Crippen LogP contribution is 2.40. The molecule has 2 aromatic rings. The third-order valence-corrected chi connectivity index (χ3v) is 5.33. The van der Waals surface area contributed by atoms with Gasteiger partial charge >= 0.3 is 0 Å². The van der Waals surface area contributed by atoms with Crippen molar-refractivity contribution in [3.05, 3.63) is 34.1 Å². The molecule has 5 nitrogen and oxygen atoms in total. The third kappa shape index (κ3) is 2.45. The molecule has 6 heteroatoms. The topological polar surface area (TPSA) is 59.2 Å². The zero-order chi connectivity index (χ0) is 15.1. The van der Waals surface area contributed by atoms with Crippen LogP contribution in [0.2, 0.25) is 0 Å². The number of likely N-dealkylation sites (tertiary alicyclic amines) is 1. The number of thiophene rings is 1. The molecule has 116 valence electrons. The van der Waals surface area contributed by atoms with Crippen molar-refractivity contribution in [2.45, 2.75) is 50.5 Å². The molecule has 2 fully saturated rings. The van der Waals surface area contributed by atoms with Gasteiger partial charge in [-0.15, -0.1) is 0 Å². The Hall–Kier alpha value is -1.69. The van der Waals surface area contributed by atoms with Gasteiger partial charge in [0.15, 0.2) is 5.82 Å². The number of amides is 1. The highest BCUT2D eigenvalue weighted by Gasteiger charge is 2.37. The van der Waals surface area contributed by atoms with Gasteiger partial charge in [-0.05, 0) is 55.0 Å². The molecule has 1 aliphatic carbocycles. The van der Waals surface area contributed by atoms with Gasteiger partial charge < -0.3 is 9.42 Å². The summed E-state index contributed by atoms with van der Waals surface area (Å²) in [5.41, 5.74) is 1.09. The van der Waals surface area contributed by atoms with E-state index in [1.807, 2.05) is 28.7 Å². The largest absolute Gasteiger partial charge is 0.339 e. The SMILES string of the molecule is C[C@@H](C(=O)N1CCC[C@@H]1c1noc(C2CC2)n1)c1ccsc1. The summed E-state index contributed by atoms with van der Waals surface area (Å²) in [6.07, 6.45) is 4.21. The molecule has 0 aromatic carbocycles. The van der Waals surface area contributed by atoms with Crippen molar-refractivity contribution in [3.8, 4) is 0 Å². The van der Waals surface area contributed by atoms with Crippen molar-refractivity contribution >= 4 is 17.2 Å². The summed E-state index contributed by atoms with van der Waals surface area (Å²) in [5.74, 6) is 1.95. The fourth-order valence-electron chi connectivity index (χ4n) is 3.09. The maximum absolute atomic E-state index is 12.8. The fraction of sp³-hybridized carbons (Fsp3) is 0.562. The maximum atomic E-state index is 12.8. The lowest BCUT2D eigenvalue weighted by molar-refractivity contribution is -0.133. The number of carbonyl (C=O) groups excluding carboxylic acids is 1. The molecule has 1 aliphatic heterocycles. The van der Waals surface area contributed by atoms with Gasteiger partial charge in [0.1, 0.15) is 0 Å². The Kier molecular flexibility index (Phi) is 3.48. The van der Waals surface area contributed by atoms with Crippen molar-refractivity contribution in [1.29, 1.82) is 0 Å². The molecule has 2 atom stereocenters. The summed E-state index contributed by atoms with van der Waals surface area (Å²) in [7, 11) is 0. The van der Waals surface area contributed by atoms with E-state index in [9.17, 15) is 4.79 Å². The molecule has 3 heterocycles. The second-order valence-corrected chi connectivity index (χ2v) is 7.01. The Morgan fingerprint density at radius 1 is 1.45 bits per heavy atom. The molecule has 2 aromatic heterocycles. The summed E-state index contributed by atoms with van der Waals surface area (Å²) >= 11 is 1.63. The lowest BCUT2D eigenvalue weighted by Gasteiger charge is -2.25. The molecule has 1 amide bonds. The average molecular weight is 317 g/mol. The van der Waals surface area contributed by atoms with Gasteiger partial charge in [-0.2, -0.15) is 16.3 Å². The first-order valence-corrected chi connectivity index (χ1v) is 8.84. The minimum atomic E-state index is -0.110. The highest BCUT2D eigenvalue weighted by molar-refractivity contribution is 7.08. The van der Waals surface area contributed by atoms with Gasteiger partial charge in [0.2, 0.25) is 11.8 Å². The van der Waals surface area contributed by atoms with E-state index in [4.69, 9.17) is 4.52 Å². The summed E-state index contributed by atoms with van der Waals surface area (Å²) in [6.45, 7) is 2.76. The lowest BCUT2D eigenvalue weighted by atomic mass is 10.0. The van der Waals surface area contributed by atoms with Crippen LogP contribution in [0.25, 0.3) is 0 Å². The zero-order valence-corrected chi connectivity index (χ0v) is 13.4. The van der Waals surface area contributed by atoms with Crippen molar-refractivity contribution in [3.63, 3.8) is 0 Å². The van der Waals surface area contributed by atoms with E-state index in [1.165, 1.54) is 0 Å². The van der Waals surface area contributed by atoms with Crippen LogP contribution in [0.1, 0.15) is 67.8 Å². The number of aromatic nitrogens is 2. The van der Waals surface area contributed by atoms with Crippen LogP contribution in [0.15, 0.2) is 21.3 Å². The van der Waals surface area contributed by atoms with Gasteiger partial charge in [-0.1, -0.05) is 5.16 Å². The first kappa shape index (κ1) is 13.9. The first-order valence-electron chi connectivity index (χ1n) is 7.90. The van der Waals surface area contributed by atoms with Gasteiger partial charge in [-0.3, -0.25) is 4.79 Å². The second kappa shape index (κ2) is 5.50. The number of hydrogen-bond acceptors (Lipinski definition) is 5. The van der Waals surface area contributed by atoms with E-state index in [-0.39, 0.29) is 17.9 Å². The van der Waals surface area contributed by atoms with Crippen LogP contribution in [0.5, 0.6) is 0 Å². The van der Waals surface area contributed by atoms with Crippen LogP contribution in [0.4, 0.5) is 0 Å². The molecule has 0 unspecified atom stereocenters. The van der Waals surface area contributed by atoms with Gasteiger partial charge in [0.05, 0.1) is 12.0 Å². The van der Waals surface area contributed by atoms with Crippen LogP contribution in [-0.2, 0) is 4.79 Å². The molecule has 0 spiro atoms. The van der Waals surface area contributed by atoms with Crippen molar-refractivity contribution < 1.29 is 9.32 Å². The van der Waals surface area contributed by atoms with E-state index in [0.717, 1.165) is 43.7 Å². The van der Waals surface area contributed by atoms with Crippen molar-refractivity contribution in [2.24, 2.45) is 0 Å². The Bertz CT molecular complexity index is 663. The second-order valence-electron chi connectivity index (χ2n) is 6.23.